The lowest BCUT2D eigenvalue weighted by atomic mass is 9.96. The summed E-state index contributed by atoms with van der Waals surface area (Å²) in [4.78, 5) is 39.4. The molecule has 0 aromatic rings. The first-order valence-electron chi connectivity index (χ1n) is 6.57. The van der Waals surface area contributed by atoms with Crippen molar-refractivity contribution in [3.05, 3.63) is 0 Å². The van der Waals surface area contributed by atoms with E-state index in [2.05, 4.69) is 15.2 Å². The molecule has 0 aliphatic carbocycles. The average molecular weight is 306 g/mol. The van der Waals surface area contributed by atoms with Gasteiger partial charge in [-0.1, -0.05) is 13.8 Å². The number of aliphatic hydroxyl groups is 1. The van der Waals surface area contributed by atoms with Crippen LogP contribution in [0.5, 0.6) is 0 Å². The van der Waals surface area contributed by atoms with Gasteiger partial charge >= 0.3 is 17.9 Å². The highest BCUT2D eigenvalue weighted by atomic mass is 16.7. The third-order valence-electron chi connectivity index (χ3n) is 2.89. The molecule has 0 rings (SSSR count). The standard InChI is InChI=1S/C12H22N2O7/c1-3-14(4-2)6-5-13-21-10(17)8-12(20,11(18)19)7-9(15)16/h13,20H,3-8H2,1-2H3,(H,15,16)(H,18,19). The summed E-state index contributed by atoms with van der Waals surface area (Å²) in [7, 11) is 0. The summed E-state index contributed by atoms with van der Waals surface area (Å²) in [6.07, 6.45) is -2.04. The Labute approximate surface area is 122 Å². The SMILES string of the molecule is CCN(CC)CCNOC(=O)CC(O)(CC(=O)O)C(=O)O. The highest BCUT2D eigenvalue weighted by molar-refractivity contribution is 5.88. The van der Waals surface area contributed by atoms with Crippen molar-refractivity contribution in [1.29, 1.82) is 0 Å². The minimum atomic E-state index is -2.68. The molecule has 0 saturated heterocycles. The summed E-state index contributed by atoms with van der Waals surface area (Å²) < 4.78 is 0. The zero-order valence-electron chi connectivity index (χ0n) is 12.2. The van der Waals surface area contributed by atoms with Gasteiger partial charge in [-0.05, 0) is 13.1 Å². The number of likely N-dealkylation sites (N-methyl/N-ethyl adjacent to an activating group) is 1. The van der Waals surface area contributed by atoms with Gasteiger partial charge in [0.2, 0.25) is 0 Å². The molecule has 0 aromatic heterocycles. The molecule has 0 bridgehead atoms. The van der Waals surface area contributed by atoms with Crippen molar-refractivity contribution in [1.82, 2.24) is 10.4 Å². The number of hydroxylamine groups is 1. The monoisotopic (exact) mass is 306 g/mol. The molecule has 9 heteroatoms. The molecule has 1 unspecified atom stereocenters. The number of nitrogens with one attached hydrogen (secondary N) is 1. The predicted octanol–water partition coefficient (Wildman–Crippen LogP) is -0.943. The number of aliphatic carboxylic acids is 2. The van der Waals surface area contributed by atoms with Gasteiger partial charge in [0.25, 0.3) is 0 Å². The molecule has 122 valence electrons. The Hall–Kier alpha value is -1.71. The number of nitrogens with zero attached hydrogens (tertiary/aromatic N) is 1. The number of carboxylic acids is 2. The number of carbonyl (C=O) groups excluding carboxylic acids is 1. The lowest BCUT2D eigenvalue weighted by Gasteiger charge is -2.20. The van der Waals surface area contributed by atoms with E-state index in [0.29, 0.717) is 13.1 Å². The third kappa shape index (κ3) is 7.59. The molecule has 0 radical (unpaired) electrons. The summed E-state index contributed by atoms with van der Waals surface area (Å²) in [6, 6.07) is 0. The van der Waals surface area contributed by atoms with Gasteiger partial charge in [-0.2, -0.15) is 5.48 Å². The van der Waals surface area contributed by atoms with Gasteiger partial charge in [0.15, 0.2) is 5.60 Å². The van der Waals surface area contributed by atoms with Gasteiger partial charge in [0.05, 0.1) is 12.8 Å². The van der Waals surface area contributed by atoms with Gasteiger partial charge in [-0.25, -0.2) is 4.79 Å². The van der Waals surface area contributed by atoms with Gasteiger partial charge in [0, 0.05) is 13.1 Å². The van der Waals surface area contributed by atoms with Crippen LogP contribution in [0.1, 0.15) is 26.7 Å². The summed E-state index contributed by atoms with van der Waals surface area (Å²) in [5.74, 6) is -4.35. The minimum Gasteiger partial charge on any atom is -0.481 e. The van der Waals surface area contributed by atoms with Crippen LogP contribution in [0.25, 0.3) is 0 Å². The van der Waals surface area contributed by atoms with Crippen molar-refractivity contribution < 1.29 is 34.5 Å². The summed E-state index contributed by atoms with van der Waals surface area (Å²) in [5.41, 5.74) is -0.321. The normalized spacial score (nSPS) is 13.7. The first-order chi connectivity index (χ1) is 9.75. The minimum absolute atomic E-state index is 0.331. The van der Waals surface area contributed by atoms with Crippen molar-refractivity contribution >= 4 is 17.9 Å². The number of carbonyl (C=O) groups is 3. The van der Waals surface area contributed by atoms with Crippen LogP contribution < -0.4 is 5.48 Å². The van der Waals surface area contributed by atoms with Crippen molar-refractivity contribution in [2.75, 3.05) is 26.2 Å². The van der Waals surface area contributed by atoms with Crippen molar-refractivity contribution in [2.45, 2.75) is 32.3 Å². The van der Waals surface area contributed by atoms with Crippen molar-refractivity contribution in [3.63, 3.8) is 0 Å². The van der Waals surface area contributed by atoms with E-state index in [1.54, 1.807) is 0 Å². The Balaban J connectivity index is 4.22. The molecule has 21 heavy (non-hydrogen) atoms. The van der Waals surface area contributed by atoms with E-state index < -0.39 is 36.4 Å². The Bertz CT molecular complexity index is 371. The smallest absolute Gasteiger partial charge is 0.336 e. The Morgan fingerprint density at radius 1 is 1.14 bits per heavy atom. The molecule has 0 spiro atoms. The van der Waals surface area contributed by atoms with Crippen molar-refractivity contribution in [2.24, 2.45) is 0 Å². The van der Waals surface area contributed by atoms with Crippen LogP contribution in [-0.4, -0.2) is 69.9 Å². The Morgan fingerprint density at radius 3 is 2.14 bits per heavy atom. The summed E-state index contributed by atoms with van der Waals surface area (Å²) >= 11 is 0. The van der Waals surface area contributed by atoms with E-state index >= 15 is 0 Å². The number of carboxylic acid groups (broad SMARTS) is 2. The maximum Gasteiger partial charge on any atom is 0.336 e. The molecular weight excluding hydrogens is 284 g/mol. The van der Waals surface area contributed by atoms with Crippen LogP contribution >= 0.6 is 0 Å². The largest absolute Gasteiger partial charge is 0.481 e. The number of hydrogen-bond acceptors (Lipinski definition) is 7. The quantitative estimate of drug-likeness (QED) is 0.281. The second-order valence-electron chi connectivity index (χ2n) is 4.48. The topological polar surface area (TPSA) is 136 Å². The third-order valence-corrected chi connectivity index (χ3v) is 2.89. The lowest BCUT2D eigenvalue weighted by Crippen LogP contribution is -2.44. The van der Waals surface area contributed by atoms with E-state index in [4.69, 9.17) is 10.2 Å². The van der Waals surface area contributed by atoms with Gasteiger partial charge < -0.3 is 25.1 Å². The van der Waals surface area contributed by atoms with E-state index in [0.717, 1.165) is 13.1 Å². The highest BCUT2D eigenvalue weighted by Crippen LogP contribution is 2.16. The second-order valence-corrected chi connectivity index (χ2v) is 4.48. The number of hydrogen-bond donors (Lipinski definition) is 4. The summed E-state index contributed by atoms with van der Waals surface area (Å²) in [6.45, 7) is 6.59. The van der Waals surface area contributed by atoms with E-state index in [1.807, 2.05) is 13.8 Å². The van der Waals surface area contributed by atoms with Crippen LogP contribution in [0.2, 0.25) is 0 Å². The molecule has 0 aliphatic rings. The highest BCUT2D eigenvalue weighted by Gasteiger charge is 2.41. The molecule has 0 aliphatic heterocycles. The average Bonchev–Trinajstić information content (AvgIpc) is 2.37. The van der Waals surface area contributed by atoms with Crippen LogP contribution in [0.3, 0.4) is 0 Å². The second kappa shape index (κ2) is 9.27. The molecule has 1 atom stereocenters. The fourth-order valence-corrected chi connectivity index (χ4v) is 1.61. The molecule has 0 heterocycles. The molecule has 0 aromatic carbocycles. The Kier molecular flexibility index (Phi) is 8.51. The van der Waals surface area contributed by atoms with Gasteiger partial charge in [-0.3, -0.25) is 9.59 Å². The molecule has 4 N–H and O–H groups in total. The van der Waals surface area contributed by atoms with Gasteiger partial charge in [0.1, 0.15) is 0 Å². The lowest BCUT2D eigenvalue weighted by molar-refractivity contribution is -0.174. The molecule has 0 saturated carbocycles. The van der Waals surface area contributed by atoms with Crippen LogP contribution in [0.4, 0.5) is 0 Å². The first kappa shape index (κ1) is 19.3. The van der Waals surface area contributed by atoms with Crippen LogP contribution in [0.15, 0.2) is 0 Å². The van der Waals surface area contributed by atoms with Crippen LogP contribution in [0, 0.1) is 0 Å². The maximum absolute atomic E-state index is 11.4. The van der Waals surface area contributed by atoms with Crippen LogP contribution in [-0.2, 0) is 19.2 Å². The zero-order chi connectivity index (χ0) is 16.5. The fourth-order valence-electron chi connectivity index (χ4n) is 1.61. The summed E-state index contributed by atoms with van der Waals surface area (Å²) in [5, 5.41) is 27.0. The zero-order valence-corrected chi connectivity index (χ0v) is 12.2. The van der Waals surface area contributed by atoms with E-state index in [1.165, 1.54) is 0 Å². The van der Waals surface area contributed by atoms with E-state index in [-0.39, 0.29) is 0 Å². The van der Waals surface area contributed by atoms with Gasteiger partial charge in [-0.15, -0.1) is 0 Å². The molecular formula is C12H22N2O7. The number of rotatable bonds is 11. The Morgan fingerprint density at radius 2 is 1.71 bits per heavy atom. The van der Waals surface area contributed by atoms with E-state index in [9.17, 15) is 19.5 Å². The maximum atomic E-state index is 11.4. The molecule has 0 fully saturated rings. The molecule has 0 amide bonds. The molecule has 9 nitrogen and oxygen atoms in total. The predicted molar refractivity (Wildman–Crippen MR) is 71.3 cm³/mol. The fraction of sp³-hybridized carbons (Fsp3) is 0.750. The van der Waals surface area contributed by atoms with Crippen molar-refractivity contribution in [3.8, 4) is 0 Å². The first-order valence-corrected chi connectivity index (χ1v) is 6.57.